The molecule has 0 aromatic heterocycles. The summed E-state index contributed by atoms with van der Waals surface area (Å²) in [6, 6.07) is 0. The smallest absolute Gasteiger partial charge is 0 e. The first kappa shape index (κ1) is 71.4. The second-order valence-corrected chi connectivity index (χ2v) is 4.45. The van der Waals surface area contributed by atoms with Gasteiger partial charge in [0, 0.05) is 57.8 Å². The zero-order valence-electron chi connectivity index (χ0n) is 13.6. The molecule has 0 saturated heterocycles. The van der Waals surface area contributed by atoms with E-state index in [1.54, 1.807) is 0 Å². The Morgan fingerprint density at radius 3 is 0.640 bits per heavy atom. The molecule has 4 radical (unpaired) electrons. The second-order valence-electron chi connectivity index (χ2n) is 2.12. The third-order valence-electron chi connectivity index (χ3n) is 0.996. The maximum absolute atomic E-state index is 7.50. The molecule has 0 aliphatic carbocycles. The fourth-order valence-corrected chi connectivity index (χ4v) is 1.94. The fraction of sp³-hybridized carbons (Fsp3) is 0.571. The Balaban J connectivity index is -0.0000000103. The van der Waals surface area contributed by atoms with E-state index in [2.05, 4.69) is 98.3 Å². The standard InChI is InChI=1S/2C4H9Te.6CO.2Fe.Te/c2*1-2-3-4-5;6*1-2;;;/h2*2-4H2,1H3;;;;;;;;;. The normalized spacial score (nSPS) is 3.84. The Bertz CT molecular complexity index is 176. The summed E-state index contributed by atoms with van der Waals surface area (Å²) in [6.45, 7) is 31.4. The first-order valence-electron chi connectivity index (χ1n) is 5.22. The molecule has 0 aliphatic heterocycles. The van der Waals surface area contributed by atoms with E-state index in [9.17, 15) is 0 Å². The van der Waals surface area contributed by atoms with Gasteiger partial charge in [-0.05, 0) is 0 Å². The maximum Gasteiger partial charge on any atom is 0 e. The van der Waals surface area contributed by atoms with E-state index in [1.165, 1.54) is 34.6 Å². The van der Waals surface area contributed by atoms with Gasteiger partial charge in [-0.3, -0.25) is 0 Å². The van der Waals surface area contributed by atoms with Gasteiger partial charge in [0.1, 0.15) is 0 Å². The van der Waals surface area contributed by atoms with Gasteiger partial charge in [-0.15, -0.1) is 0 Å². The quantitative estimate of drug-likeness (QED) is 0.237. The number of rotatable bonds is 4. The van der Waals surface area contributed by atoms with Crippen molar-refractivity contribution in [1.29, 1.82) is 0 Å². The first-order chi connectivity index (χ1) is 10.8. The van der Waals surface area contributed by atoms with Gasteiger partial charge in [0.25, 0.3) is 0 Å². The van der Waals surface area contributed by atoms with Crippen molar-refractivity contribution in [3.63, 3.8) is 0 Å². The van der Waals surface area contributed by atoms with E-state index in [1.807, 2.05) is 0 Å². The minimum Gasteiger partial charge on any atom is 0 e. The fourth-order valence-electron chi connectivity index (χ4n) is 0.289. The Labute approximate surface area is 216 Å². The molecule has 0 saturated carbocycles. The predicted molar refractivity (Wildman–Crippen MR) is 80.3 cm³/mol. The average molecular weight is 777 g/mol. The minimum atomic E-state index is 0. The van der Waals surface area contributed by atoms with Crippen molar-refractivity contribution >= 4 is 68.3 Å². The van der Waals surface area contributed by atoms with Crippen molar-refractivity contribution in [3.8, 4) is 0 Å². The van der Waals surface area contributed by atoms with Crippen LogP contribution >= 0.6 is 0 Å². The largest absolute Gasteiger partial charge is 0 e. The molecule has 144 valence electrons. The van der Waals surface area contributed by atoms with Crippen LogP contribution in [0.2, 0.25) is 8.94 Å². The Morgan fingerprint density at radius 2 is 0.640 bits per heavy atom. The van der Waals surface area contributed by atoms with Crippen molar-refractivity contribution in [2.45, 2.75) is 48.5 Å². The molecule has 25 heavy (non-hydrogen) atoms. The van der Waals surface area contributed by atoms with Crippen LogP contribution in [0.25, 0.3) is 0 Å². The van der Waals surface area contributed by atoms with Gasteiger partial charge in [-0.1, -0.05) is 0 Å². The van der Waals surface area contributed by atoms with E-state index in [0.717, 1.165) is 0 Å². The van der Waals surface area contributed by atoms with Crippen LogP contribution in [0, 0.1) is 39.9 Å². The molecular formula is C14H18Fe2O6Te3. The summed E-state index contributed by atoms with van der Waals surface area (Å²) in [7, 11) is 0. The summed E-state index contributed by atoms with van der Waals surface area (Å²) in [4.78, 5) is 0. The zero-order chi connectivity index (χ0) is 20.2. The molecule has 0 aliphatic rings. The molecule has 6 nitrogen and oxygen atoms in total. The number of hydrogen-bond donors (Lipinski definition) is 0. The molecule has 0 aromatic carbocycles. The van der Waals surface area contributed by atoms with E-state index < -0.39 is 0 Å². The molecule has 0 bridgehead atoms. The molecule has 0 atom stereocenters. The van der Waals surface area contributed by atoms with Gasteiger partial charge in [0.15, 0.2) is 0 Å². The summed E-state index contributed by atoms with van der Waals surface area (Å²) >= 11 is 4.31. The molecule has 0 aromatic rings. The molecule has 0 N–H and O–H groups in total. The molecule has 0 amide bonds. The maximum atomic E-state index is 7.50. The van der Waals surface area contributed by atoms with Gasteiger partial charge < -0.3 is 0 Å². The Hall–Kier alpha value is 1.85. The van der Waals surface area contributed by atoms with Crippen LogP contribution in [-0.4, -0.2) is 68.3 Å². The summed E-state index contributed by atoms with van der Waals surface area (Å²) in [6.07, 6.45) is 5.48. The van der Waals surface area contributed by atoms with Crippen LogP contribution in [-0.2, 0) is 62.1 Å². The molecule has 11 heteroatoms. The van der Waals surface area contributed by atoms with Crippen LogP contribution in [0.1, 0.15) is 39.5 Å². The summed E-state index contributed by atoms with van der Waals surface area (Å²) in [5.41, 5.74) is 0. The topological polar surface area (TPSA) is 119 Å². The molecule has 0 rings (SSSR count). The molecule has 0 heterocycles. The monoisotopic (exact) mass is 784 g/mol. The SMILES string of the molecule is CCCC[Te].CCCC[Te].[C-]#[O+].[C-]#[O+].[C-]#[O+].[C-]#[O+].[C-]#[O+].[C-]#[O+].[Fe].[Fe].[Te]. The first-order valence-corrected chi connectivity index (χ1v) is 8.51. The van der Waals surface area contributed by atoms with Crippen LogP contribution < -0.4 is 0 Å². The average Bonchev–Trinajstić information content (AvgIpc) is 2.67. The number of hydrogen-bond acceptors (Lipinski definition) is 0. The van der Waals surface area contributed by atoms with E-state index in [4.69, 9.17) is 27.9 Å². The van der Waals surface area contributed by atoms with Crippen molar-refractivity contribution in [2.75, 3.05) is 0 Å². The molecule has 0 spiro atoms. The van der Waals surface area contributed by atoms with Gasteiger partial charge in [0.2, 0.25) is 0 Å². The third kappa shape index (κ3) is 430. The van der Waals surface area contributed by atoms with Gasteiger partial charge in [-0.2, -0.15) is 0 Å². The van der Waals surface area contributed by atoms with Crippen molar-refractivity contribution < 1.29 is 62.1 Å². The van der Waals surface area contributed by atoms with Crippen LogP contribution in [0.5, 0.6) is 0 Å². The predicted octanol–water partition coefficient (Wildman–Crippen LogP) is 2.14. The van der Waals surface area contributed by atoms with Crippen molar-refractivity contribution in [1.82, 2.24) is 0 Å². The van der Waals surface area contributed by atoms with Gasteiger partial charge >= 0.3 is 161 Å². The second kappa shape index (κ2) is 259. The van der Waals surface area contributed by atoms with Gasteiger partial charge in [-0.25, -0.2) is 0 Å². The van der Waals surface area contributed by atoms with Gasteiger partial charge in [0.05, 0.1) is 0 Å². The Kier molecular flexibility index (Phi) is 740. The summed E-state index contributed by atoms with van der Waals surface area (Å²) < 4.78 is 47.7. The van der Waals surface area contributed by atoms with E-state index in [0.29, 0.717) is 0 Å². The van der Waals surface area contributed by atoms with Crippen LogP contribution in [0.15, 0.2) is 0 Å². The van der Waals surface area contributed by atoms with Crippen LogP contribution in [0.4, 0.5) is 0 Å². The van der Waals surface area contributed by atoms with E-state index >= 15 is 0 Å². The third-order valence-corrected chi connectivity index (χ3v) is 2.64. The van der Waals surface area contributed by atoms with Crippen molar-refractivity contribution in [2.24, 2.45) is 0 Å². The molecular weight excluding hydrogens is 759 g/mol. The molecule has 0 fully saturated rings. The zero-order valence-corrected chi connectivity index (χ0v) is 22.8. The summed E-state index contributed by atoms with van der Waals surface area (Å²) in [5, 5.41) is 0. The minimum absolute atomic E-state index is 0. The van der Waals surface area contributed by atoms with E-state index in [-0.39, 0.29) is 57.8 Å². The van der Waals surface area contributed by atoms with Crippen molar-refractivity contribution in [3.05, 3.63) is 39.9 Å². The number of unbranched alkanes of at least 4 members (excludes halogenated alkanes) is 2. The summed E-state index contributed by atoms with van der Waals surface area (Å²) in [5.74, 6) is 0. The van der Waals surface area contributed by atoms with Crippen LogP contribution in [0.3, 0.4) is 0 Å². The molecule has 0 unspecified atom stereocenters. The Morgan fingerprint density at radius 1 is 0.520 bits per heavy atom.